The quantitative estimate of drug-likeness (QED) is 0.750. The van der Waals surface area contributed by atoms with Crippen LogP contribution in [0.1, 0.15) is 37.8 Å². The van der Waals surface area contributed by atoms with Gasteiger partial charge in [-0.25, -0.2) is 4.39 Å². The zero-order valence-corrected chi connectivity index (χ0v) is 13.0. The maximum atomic E-state index is 14.6. The number of nitriles is 1. The van der Waals surface area contributed by atoms with Crippen LogP contribution in [0.2, 0.25) is 0 Å². The summed E-state index contributed by atoms with van der Waals surface area (Å²) in [7, 11) is 0. The second-order valence-corrected chi connectivity index (χ2v) is 4.90. The minimum Gasteiger partial charge on any atom is -0.490 e. The van der Waals surface area contributed by atoms with Crippen molar-refractivity contribution in [2.75, 3.05) is 13.2 Å². The SMILES string of the molecule is CCOc1cc(CN2C(=O)CCC2=O)c(C#N)c(F)c1OCC. The summed E-state index contributed by atoms with van der Waals surface area (Å²) in [6.07, 6.45) is 0.275. The second kappa shape index (κ2) is 7.09. The molecule has 1 saturated heterocycles. The average Bonchev–Trinajstić information content (AvgIpc) is 2.83. The first-order chi connectivity index (χ1) is 11.0. The normalized spacial score (nSPS) is 14.1. The highest BCUT2D eigenvalue weighted by atomic mass is 19.1. The van der Waals surface area contributed by atoms with E-state index >= 15 is 0 Å². The summed E-state index contributed by atoms with van der Waals surface area (Å²) in [5.74, 6) is -1.47. The van der Waals surface area contributed by atoms with Crippen molar-refractivity contribution in [1.82, 2.24) is 4.90 Å². The molecule has 0 atom stereocenters. The van der Waals surface area contributed by atoms with E-state index in [-0.39, 0.29) is 67.0 Å². The highest BCUT2D eigenvalue weighted by molar-refractivity contribution is 6.01. The molecule has 1 heterocycles. The van der Waals surface area contributed by atoms with Gasteiger partial charge in [-0.15, -0.1) is 0 Å². The molecule has 0 bridgehead atoms. The van der Waals surface area contributed by atoms with Gasteiger partial charge in [-0.2, -0.15) is 5.26 Å². The fourth-order valence-electron chi connectivity index (χ4n) is 2.42. The molecule has 0 radical (unpaired) electrons. The van der Waals surface area contributed by atoms with Gasteiger partial charge in [0.25, 0.3) is 0 Å². The third-order valence-electron chi connectivity index (χ3n) is 3.45. The summed E-state index contributed by atoms with van der Waals surface area (Å²) >= 11 is 0. The van der Waals surface area contributed by atoms with Crippen molar-refractivity contribution in [2.24, 2.45) is 0 Å². The molecule has 0 unspecified atom stereocenters. The zero-order valence-electron chi connectivity index (χ0n) is 13.0. The minimum absolute atomic E-state index is 0.131. The lowest BCUT2D eigenvalue weighted by Gasteiger charge is -2.18. The van der Waals surface area contributed by atoms with Crippen LogP contribution in [0.3, 0.4) is 0 Å². The van der Waals surface area contributed by atoms with Crippen LogP contribution in [0.4, 0.5) is 4.39 Å². The molecule has 1 fully saturated rings. The van der Waals surface area contributed by atoms with Gasteiger partial charge >= 0.3 is 0 Å². The molecule has 1 aromatic carbocycles. The Bertz CT molecular complexity index is 666. The molecule has 2 amide bonds. The van der Waals surface area contributed by atoms with Crippen LogP contribution < -0.4 is 9.47 Å². The van der Waals surface area contributed by atoms with Crippen molar-refractivity contribution >= 4 is 11.8 Å². The summed E-state index contributed by atoms with van der Waals surface area (Å²) in [4.78, 5) is 24.5. The van der Waals surface area contributed by atoms with Crippen LogP contribution in [-0.2, 0) is 16.1 Å². The van der Waals surface area contributed by atoms with Gasteiger partial charge in [0, 0.05) is 12.8 Å². The van der Waals surface area contributed by atoms with Crippen molar-refractivity contribution in [3.63, 3.8) is 0 Å². The van der Waals surface area contributed by atoms with E-state index in [0.717, 1.165) is 4.90 Å². The largest absolute Gasteiger partial charge is 0.490 e. The molecule has 0 aromatic heterocycles. The van der Waals surface area contributed by atoms with Gasteiger partial charge < -0.3 is 9.47 Å². The Kier molecular flexibility index (Phi) is 5.16. The number of ether oxygens (including phenoxy) is 2. The Balaban J connectivity index is 2.48. The number of nitrogens with zero attached hydrogens (tertiary/aromatic N) is 2. The molecule has 0 aliphatic carbocycles. The first-order valence-corrected chi connectivity index (χ1v) is 7.37. The molecule has 0 saturated carbocycles. The van der Waals surface area contributed by atoms with Gasteiger partial charge in [-0.1, -0.05) is 0 Å². The van der Waals surface area contributed by atoms with Crippen molar-refractivity contribution < 1.29 is 23.5 Å². The number of benzene rings is 1. The summed E-state index contributed by atoms with van der Waals surface area (Å²) in [5.41, 5.74) is -0.0232. The lowest BCUT2D eigenvalue weighted by molar-refractivity contribution is -0.139. The lowest BCUT2D eigenvalue weighted by Crippen LogP contribution is -2.29. The number of carbonyl (C=O) groups is 2. The van der Waals surface area contributed by atoms with Gasteiger partial charge in [-0.05, 0) is 25.5 Å². The lowest BCUT2D eigenvalue weighted by atomic mass is 10.1. The van der Waals surface area contributed by atoms with E-state index in [1.807, 2.05) is 0 Å². The van der Waals surface area contributed by atoms with E-state index in [2.05, 4.69) is 0 Å². The molecular weight excluding hydrogens is 303 g/mol. The maximum absolute atomic E-state index is 14.6. The first-order valence-electron chi connectivity index (χ1n) is 7.37. The predicted molar refractivity (Wildman–Crippen MR) is 78.2 cm³/mol. The molecule has 7 heteroatoms. The summed E-state index contributed by atoms with van der Waals surface area (Å²) in [6.45, 7) is 3.77. The first kappa shape index (κ1) is 16.7. The Hall–Kier alpha value is -2.62. The van der Waals surface area contributed by atoms with Crippen molar-refractivity contribution in [3.05, 3.63) is 23.0 Å². The number of amides is 2. The number of halogens is 1. The monoisotopic (exact) mass is 320 g/mol. The summed E-state index contributed by atoms with van der Waals surface area (Å²) < 4.78 is 25.2. The van der Waals surface area contributed by atoms with Gasteiger partial charge in [-0.3, -0.25) is 14.5 Å². The summed E-state index contributed by atoms with van der Waals surface area (Å²) in [5, 5.41) is 9.24. The van der Waals surface area contributed by atoms with Gasteiger partial charge in [0.15, 0.2) is 17.3 Å². The number of carbonyl (C=O) groups excluding carboxylic acids is 2. The number of imide groups is 1. The third-order valence-corrected chi connectivity index (χ3v) is 3.45. The summed E-state index contributed by atoms with van der Waals surface area (Å²) in [6, 6.07) is 3.23. The van der Waals surface area contributed by atoms with E-state index in [1.54, 1.807) is 19.9 Å². The van der Waals surface area contributed by atoms with Crippen molar-refractivity contribution in [3.8, 4) is 17.6 Å². The highest BCUT2D eigenvalue weighted by Gasteiger charge is 2.31. The number of hydrogen-bond donors (Lipinski definition) is 0. The molecule has 0 N–H and O–H groups in total. The van der Waals surface area contributed by atoms with Crippen LogP contribution in [0.5, 0.6) is 11.5 Å². The molecule has 23 heavy (non-hydrogen) atoms. The number of rotatable bonds is 6. The molecule has 2 rings (SSSR count). The fraction of sp³-hybridized carbons (Fsp3) is 0.438. The molecule has 122 valence electrons. The van der Waals surface area contributed by atoms with Crippen LogP contribution in [0.25, 0.3) is 0 Å². The maximum Gasteiger partial charge on any atom is 0.229 e. The van der Waals surface area contributed by atoms with Gasteiger partial charge in [0.2, 0.25) is 11.8 Å². The van der Waals surface area contributed by atoms with Gasteiger partial charge in [0.05, 0.1) is 25.3 Å². The Morgan fingerprint density at radius 3 is 2.35 bits per heavy atom. The van der Waals surface area contributed by atoms with E-state index in [1.165, 1.54) is 6.07 Å². The topological polar surface area (TPSA) is 79.6 Å². The predicted octanol–water partition coefficient (Wildman–Crippen LogP) is 2.14. The second-order valence-electron chi connectivity index (χ2n) is 4.90. The third kappa shape index (κ3) is 3.26. The Morgan fingerprint density at radius 2 is 1.83 bits per heavy atom. The Morgan fingerprint density at radius 1 is 1.22 bits per heavy atom. The fourth-order valence-corrected chi connectivity index (χ4v) is 2.42. The highest BCUT2D eigenvalue weighted by Crippen LogP contribution is 2.36. The Labute approximate surface area is 133 Å². The molecule has 1 aromatic rings. The smallest absolute Gasteiger partial charge is 0.229 e. The van der Waals surface area contributed by atoms with Gasteiger partial charge in [0.1, 0.15) is 6.07 Å². The standard InChI is InChI=1S/C16H17FN2O4/c1-3-22-12-7-10(9-19-13(20)5-6-14(19)21)11(8-18)15(17)16(12)23-4-2/h7H,3-6,9H2,1-2H3. The number of likely N-dealkylation sites (tertiary alicyclic amines) is 1. The minimum atomic E-state index is -0.839. The zero-order chi connectivity index (χ0) is 17.0. The van der Waals surface area contributed by atoms with Crippen molar-refractivity contribution in [1.29, 1.82) is 5.26 Å². The van der Waals surface area contributed by atoms with E-state index in [4.69, 9.17) is 9.47 Å². The van der Waals surface area contributed by atoms with Crippen LogP contribution in [0, 0.1) is 17.1 Å². The number of hydrogen-bond acceptors (Lipinski definition) is 5. The molecule has 0 spiro atoms. The molecule has 1 aliphatic heterocycles. The van der Waals surface area contributed by atoms with Crippen molar-refractivity contribution in [2.45, 2.75) is 33.2 Å². The average molecular weight is 320 g/mol. The molecule has 1 aliphatic rings. The van der Waals surface area contributed by atoms with E-state index < -0.39 is 5.82 Å². The molecule has 6 nitrogen and oxygen atoms in total. The molecular formula is C16H17FN2O4. The van der Waals surface area contributed by atoms with E-state index in [9.17, 15) is 19.2 Å². The van der Waals surface area contributed by atoms with Crippen LogP contribution in [0.15, 0.2) is 6.07 Å². The van der Waals surface area contributed by atoms with Crippen LogP contribution >= 0.6 is 0 Å². The van der Waals surface area contributed by atoms with E-state index in [0.29, 0.717) is 0 Å². The van der Waals surface area contributed by atoms with Crippen LogP contribution in [-0.4, -0.2) is 29.9 Å².